The third-order valence-electron chi connectivity index (χ3n) is 3.17. The number of aromatic amines is 1. The summed E-state index contributed by atoms with van der Waals surface area (Å²) in [6.07, 6.45) is 1.80. The van der Waals surface area contributed by atoms with Crippen molar-refractivity contribution in [2.24, 2.45) is 5.10 Å². The van der Waals surface area contributed by atoms with Gasteiger partial charge in [-0.25, -0.2) is 5.10 Å². The molecule has 0 aliphatic heterocycles. The molecule has 0 saturated carbocycles. The average molecular weight is 330 g/mol. The van der Waals surface area contributed by atoms with Gasteiger partial charge in [0.25, 0.3) is 0 Å². The van der Waals surface area contributed by atoms with Crippen LogP contribution in [0.2, 0.25) is 0 Å². The van der Waals surface area contributed by atoms with Crippen LogP contribution in [0.25, 0.3) is 11.4 Å². The van der Waals surface area contributed by atoms with Crippen LogP contribution in [-0.2, 0) is 0 Å². The lowest BCUT2D eigenvalue weighted by atomic mass is 10.2. The molecule has 3 aromatic rings. The molecule has 2 aromatic heterocycles. The van der Waals surface area contributed by atoms with Crippen molar-refractivity contribution in [3.05, 3.63) is 50.9 Å². The molecule has 7 heteroatoms. The predicted octanol–water partition coefficient (Wildman–Crippen LogP) is 3.87. The molecular formula is C15H14N4OS2. The van der Waals surface area contributed by atoms with Gasteiger partial charge in [0.15, 0.2) is 5.82 Å². The molecule has 0 amide bonds. The lowest BCUT2D eigenvalue weighted by Crippen LogP contribution is -1.95. The van der Waals surface area contributed by atoms with E-state index in [1.165, 1.54) is 5.56 Å². The molecule has 1 N–H and O–H groups in total. The summed E-state index contributed by atoms with van der Waals surface area (Å²) in [7, 11) is 1.63. The quantitative estimate of drug-likeness (QED) is 0.583. The fourth-order valence-corrected chi connectivity index (χ4v) is 2.93. The number of nitrogens with zero attached hydrogens (tertiary/aromatic N) is 3. The lowest BCUT2D eigenvalue weighted by Gasteiger charge is -2.03. The molecule has 0 aliphatic carbocycles. The van der Waals surface area contributed by atoms with Gasteiger partial charge in [-0.2, -0.15) is 14.9 Å². The SMILES string of the molecule is COc1cccc(-c2n[nH]c(=S)n2N=Cc2sccc2C)c1. The van der Waals surface area contributed by atoms with Crippen molar-refractivity contribution in [2.75, 3.05) is 7.11 Å². The molecule has 5 nitrogen and oxygen atoms in total. The van der Waals surface area contributed by atoms with Gasteiger partial charge in [-0.3, -0.25) is 0 Å². The maximum Gasteiger partial charge on any atom is 0.216 e. The summed E-state index contributed by atoms with van der Waals surface area (Å²) < 4.78 is 7.31. The minimum Gasteiger partial charge on any atom is -0.497 e. The second-order valence-corrected chi connectivity index (χ2v) is 5.94. The van der Waals surface area contributed by atoms with E-state index in [0.29, 0.717) is 10.6 Å². The first-order valence-electron chi connectivity index (χ1n) is 6.59. The molecule has 0 spiro atoms. The van der Waals surface area contributed by atoms with E-state index in [-0.39, 0.29) is 0 Å². The highest BCUT2D eigenvalue weighted by atomic mass is 32.1. The Morgan fingerprint density at radius 1 is 1.41 bits per heavy atom. The van der Waals surface area contributed by atoms with Crippen LogP contribution in [-0.4, -0.2) is 28.2 Å². The Kier molecular flexibility index (Phi) is 4.17. The molecule has 3 rings (SSSR count). The van der Waals surface area contributed by atoms with Crippen LogP contribution < -0.4 is 4.74 Å². The van der Waals surface area contributed by atoms with E-state index in [2.05, 4.69) is 28.3 Å². The van der Waals surface area contributed by atoms with E-state index in [9.17, 15) is 0 Å². The van der Waals surface area contributed by atoms with Gasteiger partial charge in [0.1, 0.15) is 5.75 Å². The normalized spacial score (nSPS) is 11.2. The van der Waals surface area contributed by atoms with E-state index in [1.54, 1.807) is 29.3 Å². The zero-order valence-corrected chi connectivity index (χ0v) is 13.7. The topological polar surface area (TPSA) is 55.2 Å². The highest BCUT2D eigenvalue weighted by molar-refractivity contribution is 7.71. The molecule has 0 bridgehead atoms. The third-order valence-corrected chi connectivity index (χ3v) is 4.39. The highest BCUT2D eigenvalue weighted by Gasteiger charge is 2.09. The van der Waals surface area contributed by atoms with Crippen LogP contribution in [0.4, 0.5) is 0 Å². The Balaban J connectivity index is 2.02. The van der Waals surface area contributed by atoms with Crippen LogP contribution in [0.3, 0.4) is 0 Å². The summed E-state index contributed by atoms with van der Waals surface area (Å²) >= 11 is 6.90. The van der Waals surface area contributed by atoms with Gasteiger partial charge < -0.3 is 4.74 Å². The summed E-state index contributed by atoms with van der Waals surface area (Å²) in [5, 5.41) is 13.5. The zero-order valence-electron chi connectivity index (χ0n) is 12.1. The summed E-state index contributed by atoms with van der Waals surface area (Å²) in [5.74, 6) is 1.41. The van der Waals surface area contributed by atoms with Gasteiger partial charge in [0.2, 0.25) is 4.77 Å². The Morgan fingerprint density at radius 3 is 3.00 bits per heavy atom. The summed E-state index contributed by atoms with van der Waals surface area (Å²) in [6, 6.07) is 9.68. The van der Waals surface area contributed by atoms with Crippen LogP contribution in [0, 0.1) is 11.7 Å². The molecule has 112 valence electrons. The Bertz CT molecular complexity index is 876. The summed E-state index contributed by atoms with van der Waals surface area (Å²) in [6.45, 7) is 2.05. The smallest absolute Gasteiger partial charge is 0.216 e. The molecule has 0 unspecified atom stereocenters. The van der Waals surface area contributed by atoms with E-state index in [1.807, 2.05) is 29.6 Å². The third kappa shape index (κ3) is 2.86. The second-order valence-electron chi connectivity index (χ2n) is 4.61. The first-order valence-corrected chi connectivity index (χ1v) is 7.88. The number of thiophene rings is 1. The van der Waals surface area contributed by atoms with Crippen molar-refractivity contribution in [2.45, 2.75) is 6.92 Å². The van der Waals surface area contributed by atoms with E-state index >= 15 is 0 Å². The number of aromatic nitrogens is 3. The summed E-state index contributed by atoms with van der Waals surface area (Å²) in [4.78, 5) is 1.10. The van der Waals surface area contributed by atoms with Crippen LogP contribution >= 0.6 is 23.6 Å². The molecule has 2 heterocycles. The van der Waals surface area contributed by atoms with E-state index in [4.69, 9.17) is 17.0 Å². The number of nitrogens with one attached hydrogen (secondary N) is 1. The number of methoxy groups -OCH3 is 1. The van der Waals surface area contributed by atoms with Crippen molar-refractivity contribution in [1.82, 2.24) is 14.9 Å². The van der Waals surface area contributed by atoms with Gasteiger partial charge in [0, 0.05) is 5.56 Å². The molecule has 0 aliphatic rings. The standard InChI is InChI=1S/C15H14N4OS2/c1-10-6-7-22-13(10)9-16-19-14(17-18-15(19)21)11-4-3-5-12(8-11)20-2/h3-9H,1-2H3,(H,18,21). The number of rotatable bonds is 4. The number of ether oxygens (including phenoxy) is 1. The van der Waals surface area contributed by atoms with Gasteiger partial charge in [-0.1, -0.05) is 12.1 Å². The van der Waals surface area contributed by atoms with E-state index in [0.717, 1.165) is 16.2 Å². The maximum atomic E-state index is 5.27. The fourth-order valence-electron chi connectivity index (χ4n) is 1.97. The van der Waals surface area contributed by atoms with Crippen molar-refractivity contribution < 1.29 is 4.74 Å². The lowest BCUT2D eigenvalue weighted by molar-refractivity contribution is 0.415. The predicted molar refractivity (Wildman–Crippen MR) is 91.4 cm³/mol. The van der Waals surface area contributed by atoms with Crippen molar-refractivity contribution in [1.29, 1.82) is 0 Å². The number of hydrogen-bond donors (Lipinski definition) is 1. The van der Waals surface area contributed by atoms with Crippen LogP contribution in [0.5, 0.6) is 5.75 Å². The Hall–Kier alpha value is -2.25. The van der Waals surface area contributed by atoms with E-state index < -0.39 is 0 Å². The van der Waals surface area contributed by atoms with Gasteiger partial charge in [-0.05, 0) is 48.3 Å². The highest BCUT2D eigenvalue weighted by Crippen LogP contribution is 2.22. The molecule has 0 saturated heterocycles. The first-order chi connectivity index (χ1) is 10.7. The number of hydrogen-bond acceptors (Lipinski definition) is 5. The average Bonchev–Trinajstić information content (AvgIpc) is 3.11. The Labute approximate surface area is 136 Å². The minimum absolute atomic E-state index is 0.447. The van der Waals surface area contributed by atoms with Crippen molar-refractivity contribution in [3.63, 3.8) is 0 Å². The number of aryl methyl sites for hydroxylation is 1. The maximum absolute atomic E-state index is 5.27. The second kappa shape index (κ2) is 6.25. The molecule has 0 fully saturated rings. The first kappa shape index (κ1) is 14.7. The van der Waals surface area contributed by atoms with Gasteiger partial charge in [-0.15, -0.1) is 11.3 Å². The summed E-state index contributed by atoms with van der Waals surface area (Å²) in [5.41, 5.74) is 2.07. The molecule has 0 atom stereocenters. The Morgan fingerprint density at radius 2 is 2.27 bits per heavy atom. The van der Waals surface area contributed by atoms with Gasteiger partial charge in [0.05, 0.1) is 18.2 Å². The minimum atomic E-state index is 0.447. The van der Waals surface area contributed by atoms with Crippen molar-refractivity contribution in [3.8, 4) is 17.1 Å². The molecule has 0 radical (unpaired) electrons. The van der Waals surface area contributed by atoms with Crippen molar-refractivity contribution >= 4 is 29.8 Å². The monoisotopic (exact) mass is 330 g/mol. The number of H-pyrrole nitrogens is 1. The molecule has 1 aromatic carbocycles. The molecular weight excluding hydrogens is 316 g/mol. The largest absolute Gasteiger partial charge is 0.497 e. The van der Waals surface area contributed by atoms with Gasteiger partial charge >= 0.3 is 0 Å². The molecule has 22 heavy (non-hydrogen) atoms. The van der Waals surface area contributed by atoms with Crippen LogP contribution in [0.1, 0.15) is 10.4 Å². The number of benzene rings is 1. The fraction of sp³-hybridized carbons (Fsp3) is 0.133. The zero-order chi connectivity index (χ0) is 15.5. The van der Waals surface area contributed by atoms with Crippen LogP contribution in [0.15, 0.2) is 40.8 Å².